The minimum atomic E-state index is -0.112. The molecule has 0 saturated carbocycles. The Labute approximate surface area is 126 Å². The Hall–Kier alpha value is -1.66. The lowest BCUT2D eigenvalue weighted by Gasteiger charge is -2.22. The van der Waals surface area contributed by atoms with Crippen molar-refractivity contribution >= 4 is 21.8 Å². The number of hydrogen-bond acceptors (Lipinski definition) is 3. The van der Waals surface area contributed by atoms with Crippen LogP contribution < -0.4 is 5.73 Å². The summed E-state index contributed by atoms with van der Waals surface area (Å²) in [5.74, 6) is -0.112. The van der Waals surface area contributed by atoms with E-state index in [1.54, 1.807) is 18.0 Å². The minimum absolute atomic E-state index is 0.0121. The number of H-pyrrole nitrogens is 1. The number of aromatic amines is 1. The first kappa shape index (κ1) is 14.7. The van der Waals surface area contributed by atoms with Gasteiger partial charge < -0.3 is 10.6 Å². The maximum absolute atomic E-state index is 12.2. The van der Waals surface area contributed by atoms with Gasteiger partial charge in [0.25, 0.3) is 5.91 Å². The molecule has 0 spiro atoms. The van der Waals surface area contributed by atoms with Crippen molar-refractivity contribution in [1.82, 2.24) is 15.1 Å². The highest BCUT2D eigenvalue weighted by Gasteiger charge is 2.18. The fourth-order valence-corrected chi connectivity index (χ4v) is 2.01. The molecule has 1 amide bonds. The monoisotopic (exact) mass is 336 g/mol. The number of benzene rings is 1. The van der Waals surface area contributed by atoms with E-state index in [9.17, 15) is 4.79 Å². The molecule has 1 aromatic heterocycles. The summed E-state index contributed by atoms with van der Waals surface area (Å²) in [5.41, 5.74) is 7.74. The van der Waals surface area contributed by atoms with Crippen LogP contribution in [-0.2, 0) is 0 Å². The van der Waals surface area contributed by atoms with Gasteiger partial charge in [-0.1, -0.05) is 28.1 Å². The van der Waals surface area contributed by atoms with Crippen molar-refractivity contribution in [3.63, 3.8) is 0 Å². The van der Waals surface area contributed by atoms with E-state index in [0.29, 0.717) is 12.2 Å². The Morgan fingerprint density at radius 3 is 2.70 bits per heavy atom. The summed E-state index contributed by atoms with van der Waals surface area (Å²) >= 11 is 3.39. The van der Waals surface area contributed by atoms with Crippen molar-refractivity contribution in [1.29, 1.82) is 0 Å². The molecular formula is C14H17BrN4O. The minimum Gasteiger partial charge on any atom is -0.336 e. The van der Waals surface area contributed by atoms with Crippen molar-refractivity contribution in [3.05, 3.63) is 40.5 Å². The van der Waals surface area contributed by atoms with E-state index >= 15 is 0 Å². The zero-order valence-corrected chi connectivity index (χ0v) is 13.0. The zero-order chi connectivity index (χ0) is 14.7. The second kappa shape index (κ2) is 6.19. The molecule has 2 rings (SSSR count). The Kier molecular flexibility index (Phi) is 4.57. The smallest absolute Gasteiger partial charge is 0.271 e. The molecule has 3 N–H and O–H groups in total. The predicted octanol–water partition coefficient (Wildman–Crippen LogP) is 2.26. The van der Waals surface area contributed by atoms with Gasteiger partial charge in [0.1, 0.15) is 5.69 Å². The highest BCUT2D eigenvalue weighted by Crippen LogP contribution is 2.20. The van der Waals surface area contributed by atoms with Crippen LogP contribution >= 0.6 is 15.9 Å². The van der Waals surface area contributed by atoms with Gasteiger partial charge in [-0.05, 0) is 25.1 Å². The Morgan fingerprint density at radius 1 is 1.45 bits per heavy atom. The van der Waals surface area contributed by atoms with Crippen LogP contribution in [0.5, 0.6) is 0 Å². The first-order chi connectivity index (χ1) is 9.52. The summed E-state index contributed by atoms with van der Waals surface area (Å²) in [5, 5.41) is 6.97. The molecule has 6 heteroatoms. The summed E-state index contributed by atoms with van der Waals surface area (Å²) in [6.45, 7) is 2.33. The van der Waals surface area contributed by atoms with Gasteiger partial charge in [0, 0.05) is 29.7 Å². The normalized spacial score (nSPS) is 12.2. The van der Waals surface area contributed by atoms with Crippen LogP contribution in [0.15, 0.2) is 34.8 Å². The number of halogens is 1. The average Bonchev–Trinajstić information content (AvgIpc) is 2.95. The lowest BCUT2D eigenvalue weighted by molar-refractivity contribution is 0.0742. The van der Waals surface area contributed by atoms with Crippen molar-refractivity contribution < 1.29 is 4.79 Å². The van der Waals surface area contributed by atoms with Gasteiger partial charge in [-0.2, -0.15) is 5.10 Å². The summed E-state index contributed by atoms with van der Waals surface area (Å²) in [7, 11) is 1.74. The molecule has 20 heavy (non-hydrogen) atoms. The number of hydrogen-bond donors (Lipinski definition) is 2. The lowest BCUT2D eigenvalue weighted by Crippen LogP contribution is -2.39. The van der Waals surface area contributed by atoms with Crippen LogP contribution in [0.2, 0.25) is 0 Å². The fourth-order valence-electron chi connectivity index (χ4n) is 1.75. The molecule has 2 aromatic rings. The summed E-state index contributed by atoms with van der Waals surface area (Å²) in [6, 6.07) is 9.51. The van der Waals surface area contributed by atoms with Gasteiger partial charge in [-0.15, -0.1) is 0 Å². The standard InChI is InChI=1S/C14H17BrN4O/c1-9(8-16)19(2)14(20)13-7-12(17-18-13)10-3-5-11(15)6-4-10/h3-7,9H,8,16H2,1-2H3,(H,17,18). The molecular weight excluding hydrogens is 320 g/mol. The van der Waals surface area contributed by atoms with Gasteiger partial charge in [-0.25, -0.2) is 0 Å². The van der Waals surface area contributed by atoms with Crippen LogP contribution in [0.3, 0.4) is 0 Å². The molecule has 0 fully saturated rings. The third kappa shape index (κ3) is 3.08. The predicted molar refractivity (Wildman–Crippen MR) is 82.3 cm³/mol. The first-order valence-corrected chi connectivity index (χ1v) is 7.10. The largest absolute Gasteiger partial charge is 0.336 e. The quantitative estimate of drug-likeness (QED) is 0.899. The molecule has 106 valence electrons. The molecule has 1 atom stereocenters. The second-order valence-electron chi connectivity index (χ2n) is 4.67. The molecule has 0 bridgehead atoms. The van der Waals surface area contributed by atoms with Crippen molar-refractivity contribution in [2.45, 2.75) is 13.0 Å². The van der Waals surface area contributed by atoms with Gasteiger partial charge in [0.15, 0.2) is 0 Å². The first-order valence-electron chi connectivity index (χ1n) is 6.31. The maximum atomic E-state index is 12.2. The van der Waals surface area contributed by atoms with E-state index in [4.69, 9.17) is 5.73 Å². The van der Waals surface area contributed by atoms with Crippen LogP contribution in [0.4, 0.5) is 0 Å². The Bertz CT molecular complexity index is 593. The SMILES string of the molecule is CC(CN)N(C)C(=O)c1cc(-c2ccc(Br)cc2)n[nH]1. The van der Waals surface area contributed by atoms with E-state index in [1.165, 1.54) is 0 Å². The van der Waals surface area contributed by atoms with Crippen molar-refractivity contribution in [2.75, 3.05) is 13.6 Å². The van der Waals surface area contributed by atoms with Crippen LogP contribution in [0.1, 0.15) is 17.4 Å². The Morgan fingerprint density at radius 2 is 2.10 bits per heavy atom. The summed E-state index contributed by atoms with van der Waals surface area (Å²) in [4.78, 5) is 13.8. The fraction of sp³-hybridized carbons (Fsp3) is 0.286. The van der Waals surface area contributed by atoms with Gasteiger partial charge in [0.2, 0.25) is 0 Å². The highest BCUT2D eigenvalue weighted by atomic mass is 79.9. The molecule has 1 heterocycles. The van der Waals surface area contributed by atoms with Crippen LogP contribution in [-0.4, -0.2) is 40.6 Å². The number of likely N-dealkylation sites (N-methyl/N-ethyl adjacent to an activating group) is 1. The Balaban J connectivity index is 2.20. The second-order valence-corrected chi connectivity index (χ2v) is 5.59. The number of nitrogens with zero attached hydrogens (tertiary/aromatic N) is 2. The third-order valence-electron chi connectivity index (χ3n) is 3.27. The molecule has 5 nitrogen and oxygen atoms in total. The van der Waals surface area contributed by atoms with E-state index in [-0.39, 0.29) is 11.9 Å². The number of aromatic nitrogens is 2. The topological polar surface area (TPSA) is 75.0 Å². The number of nitrogens with two attached hydrogens (primary N) is 1. The number of carbonyl (C=O) groups excluding carboxylic acids is 1. The van der Waals surface area contributed by atoms with Gasteiger partial charge >= 0.3 is 0 Å². The van der Waals surface area contributed by atoms with E-state index in [2.05, 4.69) is 26.1 Å². The van der Waals surface area contributed by atoms with Gasteiger partial charge in [-0.3, -0.25) is 9.89 Å². The van der Waals surface area contributed by atoms with Crippen LogP contribution in [0.25, 0.3) is 11.3 Å². The number of amides is 1. The molecule has 1 unspecified atom stereocenters. The molecule has 1 aromatic carbocycles. The average molecular weight is 337 g/mol. The number of rotatable bonds is 4. The van der Waals surface area contributed by atoms with Gasteiger partial charge in [0.05, 0.1) is 5.69 Å². The summed E-state index contributed by atoms with van der Waals surface area (Å²) in [6.07, 6.45) is 0. The molecule has 0 radical (unpaired) electrons. The summed E-state index contributed by atoms with van der Waals surface area (Å²) < 4.78 is 1.00. The molecule has 0 saturated heterocycles. The van der Waals surface area contributed by atoms with E-state index in [0.717, 1.165) is 15.7 Å². The molecule has 0 aliphatic carbocycles. The van der Waals surface area contributed by atoms with E-state index in [1.807, 2.05) is 31.2 Å². The van der Waals surface area contributed by atoms with Crippen molar-refractivity contribution in [2.24, 2.45) is 5.73 Å². The molecule has 0 aliphatic heterocycles. The maximum Gasteiger partial charge on any atom is 0.271 e. The van der Waals surface area contributed by atoms with Crippen LogP contribution in [0, 0.1) is 0 Å². The number of nitrogens with one attached hydrogen (secondary N) is 1. The van der Waals surface area contributed by atoms with Crippen molar-refractivity contribution in [3.8, 4) is 11.3 Å². The number of carbonyl (C=O) groups is 1. The highest BCUT2D eigenvalue weighted by molar-refractivity contribution is 9.10. The van der Waals surface area contributed by atoms with E-state index < -0.39 is 0 Å². The lowest BCUT2D eigenvalue weighted by atomic mass is 10.1. The molecule has 0 aliphatic rings. The zero-order valence-electron chi connectivity index (χ0n) is 11.4. The third-order valence-corrected chi connectivity index (χ3v) is 3.80.